The van der Waals surface area contributed by atoms with Crippen molar-refractivity contribution in [2.24, 2.45) is 0 Å². The van der Waals surface area contributed by atoms with E-state index in [0.717, 1.165) is 0 Å². The van der Waals surface area contributed by atoms with E-state index in [2.05, 4.69) is 9.97 Å². The van der Waals surface area contributed by atoms with Crippen LogP contribution >= 0.6 is 11.6 Å². The van der Waals surface area contributed by atoms with E-state index in [1.165, 1.54) is 26.3 Å². The van der Waals surface area contributed by atoms with Gasteiger partial charge in [0.25, 0.3) is 0 Å². The maximum Gasteiger partial charge on any atom is 0.310 e. The Labute approximate surface area is 148 Å². The van der Waals surface area contributed by atoms with E-state index < -0.39 is 17.7 Å². The molecule has 3 aromatic rings. The zero-order valence-corrected chi connectivity index (χ0v) is 14.3. The van der Waals surface area contributed by atoms with Crippen molar-refractivity contribution in [1.29, 1.82) is 0 Å². The number of aliphatic carboxylic acids is 1. The highest BCUT2D eigenvalue weighted by Gasteiger charge is 2.27. The fourth-order valence-corrected chi connectivity index (χ4v) is 2.91. The van der Waals surface area contributed by atoms with Crippen LogP contribution in [0.2, 0.25) is 5.02 Å². The highest BCUT2D eigenvalue weighted by atomic mass is 35.5. The Morgan fingerprint density at radius 3 is 2.72 bits per heavy atom. The fraction of sp³-hybridized carbons (Fsp3) is 0.167. The second-order valence-electron chi connectivity index (χ2n) is 5.57. The monoisotopic (exact) mass is 358 g/mol. The summed E-state index contributed by atoms with van der Waals surface area (Å²) in [5, 5.41) is 10.6. The number of fused-ring (bicyclic) bond motifs is 1. The molecule has 0 saturated carbocycles. The first kappa shape index (κ1) is 17.0. The summed E-state index contributed by atoms with van der Waals surface area (Å²) in [5.74, 6) is -1.82. The SMILES string of the molecule is COc1ccnc(C(=O)c2[nH]c3cc(Cl)ccc3c2C(C)C(=O)O)c1. The Morgan fingerprint density at radius 2 is 2.04 bits per heavy atom. The number of ether oxygens (including phenoxy) is 1. The minimum absolute atomic E-state index is 0.163. The van der Waals surface area contributed by atoms with Gasteiger partial charge in [-0.25, -0.2) is 0 Å². The smallest absolute Gasteiger partial charge is 0.310 e. The molecule has 1 atom stereocenters. The van der Waals surface area contributed by atoms with Gasteiger partial charge in [-0.2, -0.15) is 0 Å². The summed E-state index contributed by atoms with van der Waals surface area (Å²) in [6.07, 6.45) is 1.46. The molecule has 25 heavy (non-hydrogen) atoms. The molecule has 0 aliphatic rings. The molecule has 0 fully saturated rings. The largest absolute Gasteiger partial charge is 0.497 e. The summed E-state index contributed by atoms with van der Waals surface area (Å²) >= 11 is 6.01. The number of rotatable bonds is 5. The van der Waals surface area contributed by atoms with Crippen molar-refractivity contribution in [1.82, 2.24) is 9.97 Å². The van der Waals surface area contributed by atoms with Gasteiger partial charge in [-0.05, 0) is 25.1 Å². The highest BCUT2D eigenvalue weighted by Crippen LogP contribution is 2.32. The number of carbonyl (C=O) groups excluding carboxylic acids is 1. The second-order valence-corrected chi connectivity index (χ2v) is 6.01. The first-order chi connectivity index (χ1) is 11.9. The minimum Gasteiger partial charge on any atom is -0.497 e. The minimum atomic E-state index is -1.02. The van der Waals surface area contributed by atoms with Gasteiger partial charge in [0.2, 0.25) is 5.78 Å². The number of nitrogens with zero attached hydrogens (tertiary/aromatic N) is 1. The Hall–Kier alpha value is -2.86. The zero-order chi connectivity index (χ0) is 18.1. The van der Waals surface area contributed by atoms with Crippen LogP contribution in [-0.2, 0) is 4.79 Å². The van der Waals surface area contributed by atoms with E-state index in [4.69, 9.17) is 16.3 Å². The van der Waals surface area contributed by atoms with Gasteiger partial charge in [0.15, 0.2) is 0 Å². The molecule has 2 aromatic heterocycles. The van der Waals surface area contributed by atoms with Gasteiger partial charge in [0.05, 0.1) is 18.7 Å². The lowest BCUT2D eigenvalue weighted by molar-refractivity contribution is -0.138. The van der Waals surface area contributed by atoms with Gasteiger partial charge in [0, 0.05) is 33.8 Å². The van der Waals surface area contributed by atoms with Crippen LogP contribution in [0, 0.1) is 0 Å². The van der Waals surface area contributed by atoms with E-state index >= 15 is 0 Å². The van der Waals surface area contributed by atoms with Crippen LogP contribution in [0.5, 0.6) is 5.75 Å². The molecule has 0 spiro atoms. The molecule has 1 aromatic carbocycles. The Kier molecular flexibility index (Phi) is 4.46. The van der Waals surface area contributed by atoms with E-state index in [-0.39, 0.29) is 11.4 Å². The van der Waals surface area contributed by atoms with Crippen LogP contribution in [0.15, 0.2) is 36.5 Å². The normalized spacial score (nSPS) is 12.1. The molecule has 2 N–H and O–H groups in total. The van der Waals surface area contributed by atoms with Crippen molar-refractivity contribution < 1.29 is 19.4 Å². The Morgan fingerprint density at radius 1 is 1.28 bits per heavy atom. The van der Waals surface area contributed by atoms with E-state index in [9.17, 15) is 14.7 Å². The number of hydrogen-bond acceptors (Lipinski definition) is 4. The number of nitrogens with one attached hydrogen (secondary N) is 1. The molecule has 0 bridgehead atoms. The van der Waals surface area contributed by atoms with Crippen molar-refractivity contribution >= 4 is 34.3 Å². The number of carboxylic acid groups (broad SMARTS) is 1. The van der Waals surface area contributed by atoms with E-state index in [1.807, 2.05) is 0 Å². The van der Waals surface area contributed by atoms with Gasteiger partial charge in [-0.3, -0.25) is 14.6 Å². The predicted molar refractivity (Wildman–Crippen MR) is 93.6 cm³/mol. The number of pyridine rings is 1. The number of hydrogen-bond donors (Lipinski definition) is 2. The third kappa shape index (κ3) is 3.08. The number of methoxy groups -OCH3 is 1. The summed E-state index contributed by atoms with van der Waals surface area (Å²) in [5.41, 5.74) is 1.36. The second kappa shape index (κ2) is 6.57. The average Bonchev–Trinajstić information content (AvgIpc) is 2.98. The summed E-state index contributed by atoms with van der Waals surface area (Å²) in [7, 11) is 1.49. The first-order valence-corrected chi connectivity index (χ1v) is 7.89. The standard InChI is InChI=1S/C18H15ClN2O4/c1-9(18(23)24)15-12-4-3-10(19)7-13(12)21-16(15)17(22)14-8-11(25-2)5-6-20-14/h3-9,21H,1-2H3,(H,23,24). The third-order valence-corrected chi connectivity index (χ3v) is 4.27. The number of carboxylic acids is 1. The lowest BCUT2D eigenvalue weighted by Crippen LogP contribution is -2.13. The van der Waals surface area contributed by atoms with Crippen molar-refractivity contribution in [2.75, 3.05) is 7.11 Å². The zero-order valence-electron chi connectivity index (χ0n) is 13.5. The maximum absolute atomic E-state index is 12.9. The van der Waals surface area contributed by atoms with Crippen molar-refractivity contribution in [3.8, 4) is 5.75 Å². The molecule has 2 heterocycles. The third-order valence-electron chi connectivity index (χ3n) is 4.03. The summed E-state index contributed by atoms with van der Waals surface area (Å²) in [6.45, 7) is 1.54. The number of halogens is 1. The van der Waals surface area contributed by atoms with Crippen molar-refractivity contribution in [2.45, 2.75) is 12.8 Å². The average molecular weight is 359 g/mol. The summed E-state index contributed by atoms with van der Waals surface area (Å²) in [4.78, 5) is 31.5. The first-order valence-electron chi connectivity index (χ1n) is 7.51. The van der Waals surface area contributed by atoms with E-state index in [1.54, 1.807) is 24.3 Å². The molecule has 0 amide bonds. The van der Waals surface area contributed by atoms with Crippen LogP contribution in [0.3, 0.4) is 0 Å². The molecule has 6 nitrogen and oxygen atoms in total. The molecule has 1 unspecified atom stereocenters. The Balaban J connectivity index is 2.21. The molecular formula is C18H15ClN2O4. The molecule has 128 valence electrons. The van der Waals surface area contributed by atoms with Gasteiger partial charge in [0.1, 0.15) is 11.4 Å². The van der Waals surface area contributed by atoms with Crippen LogP contribution in [0.25, 0.3) is 10.9 Å². The van der Waals surface area contributed by atoms with Gasteiger partial charge < -0.3 is 14.8 Å². The molecule has 7 heteroatoms. The number of carbonyl (C=O) groups is 2. The number of aromatic nitrogens is 2. The molecule has 0 aliphatic heterocycles. The van der Waals surface area contributed by atoms with Crippen LogP contribution in [-0.4, -0.2) is 33.9 Å². The highest BCUT2D eigenvalue weighted by molar-refractivity contribution is 6.31. The van der Waals surface area contributed by atoms with Gasteiger partial charge in [-0.1, -0.05) is 17.7 Å². The molecular weight excluding hydrogens is 344 g/mol. The summed E-state index contributed by atoms with van der Waals surface area (Å²) in [6, 6.07) is 8.16. The number of benzene rings is 1. The lowest BCUT2D eigenvalue weighted by Gasteiger charge is -2.09. The molecule has 0 aliphatic carbocycles. The molecule has 3 rings (SSSR count). The van der Waals surface area contributed by atoms with Gasteiger partial charge >= 0.3 is 5.97 Å². The Bertz CT molecular complexity index is 980. The van der Waals surface area contributed by atoms with Crippen molar-refractivity contribution in [3.05, 3.63) is 58.5 Å². The number of aromatic amines is 1. The van der Waals surface area contributed by atoms with E-state index in [0.29, 0.717) is 27.2 Å². The number of ketones is 1. The quantitative estimate of drug-likeness (QED) is 0.679. The fourth-order valence-electron chi connectivity index (χ4n) is 2.73. The molecule has 0 radical (unpaired) electrons. The van der Waals surface area contributed by atoms with Crippen LogP contribution in [0.4, 0.5) is 0 Å². The van der Waals surface area contributed by atoms with Crippen LogP contribution in [0.1, 0.15) is 34.6 Å². The maximum atomic E-state index is 12.9. The lowest BCUT2D eigenvalue weighted by atomic mass is 9.95. The number of H-pyrrole nitrogens is 1. The topological polar surface area (TPSA) is 92.3 Å². The van der Waals surface area contributed by atoms with Crippen molar-refractivity contribution in [3.63, 3.8) is 0 Å². The molecule has 0 saturated heterocycles. The van der Waals surface area contributed by atoms with Crippen LogP contribution < -0.4 is 4.74 Å². The summed E-state index contributed by atoms with van der Waals surface area (Å²) < 4.78 is 5.12. The van der Waals surface area contributed by atoms with Gasteiger partial charge in [-0.15, -0.1) is 0 Å². The predicted octanol–water partition coefficient (Wildman–Crippen LogP) is 3.64.